The van der Waals surface area contributed by atoms with Crippen LogP contribution in [-0.4, -0.2) is 22.7 Å². The number of hydrogen-bond donors (Lipinski definition) is 3. The Hall–Kier alpha value is -4.51. The molecular formula is C22H17N5O3. The van der Waals surface area contributed by atoms with Gasteiger partial charge in [0.05, 0.1) is 11.6 Å². The van der Waals surface area contributed by atoms with Crippen LogP contribution in [0.5, 0.6) is 0 Å². The van der Waals surface area contributed by atoms with E-state index in [4.69, 9.17) is 5.26 Å². The highest BCUT2D eigenvalue weighted by Gasteiger charge is 2.13. The van der Waals surface area contributed by atoms with Crippen LogP contribution >= 0.6 is 0 Å². The van der Waals surface area contributed by atoms with Crippen LogP contribution in [0.2, 0.25) is 0 Å². The second-order valence-corrected chi connectivity index (χ2v) is 6.29. The molecular weight excluding hydrogens is 382 g/mol. The van der Waals surface area contributed by atoms with Crippen molar-refractivity contribution < 1.29 is 14.4 Å². The summed E-state index contributed by atoms with van der Waals surface area (Å²) in [5, 5.41) is 17.0. The topological polar surface area (TPSA) is 124 Å². The van der Waals surface area contributed by atoms with Gasteiger partial charge in [0.25, 0.3) is 11.8 Å². The Kier molecular flexibility index (Phi) is 6.15. The molecule has 0 saturated heterocycles. The van der Waals surface area contributed by atoms with Gasteiger partial charge in [-0.25, -0.2) is 0 Å². The molecule has 0 saturated carbocycles. The largest absolute Gasteiger partial charge is 0.326 e. The molecule has 1 heterocycles. The average molecular weight is 399 g/mol. The summed E-state index contributed by atoms with van der Waals surface area (Å²) in [5.74, 6) is -1.10. The lowest BCUT2D eigenvalue weighted by atomic mass is 10.2. The molecule has 0 spiro atoms. The standard InChI is InChI=1S/C22H17N5O3/c1-14(28)25-17-5-7-18(8-6-17)26-21(29)16-9-10-24-20(12-16)22(30)27-19-4-2-3-15(11-19)13-23/h2-12H,1H3,(H,25,28)(H,26,29)(H,27,30). The van der Waals surface area contributed by atoms with E-state index >= 15 is 0 Å². The van der Waals surface area contributed by atoms with Gasteiger partial charge in [0.15, 0.2) is 0 Å². The van der Waals surface area contributed by atoms with Gasteiger partial charge in [-0.05, 0) is 54.6 Å². The van der Waals surface area contributed by atoms with Crippen LogP contribution < -0.4 is 16.0 Å². The number of hydrogen-bond acceptors (Lipinski definition) is 5. The number of anilines is 3. The van der Waals surface area contributed by atoms with E-state index < -0.39 is 11.8 Å². The SMILES string of the molecule is CC(=O)Nc1ccc(NC(=O)c2ccnc(C(=O)Nc3cccc(C#N)c3)c2)cc1. The molecule has 3 aromatic rings. The van der Waals surface area contributed by atoms with Crippen LogP contribution in [0.4, 0.5) is 17.1 Å². The maximum Gasteiger partial charge on any atom is 0.274 e. The van der Waals surface area contributed by atoms with Crippen LogP contribution in [0.3, 0.4) is 0 Å². The first-order chi connectivity index (χ1) is 14.4. The van der Waals surface area contributed by atoms with Crippen molar-refractivity contribution in [1.29, 1.82) is 5.26 Å². The normalized spacial score (nSPS) is 9.87. The fourth-order valence-corrected chi connectivity index (χ4v) is 2.60. The highest BCUT2D eigenvalue weighted by molar-refractivity contribution is 6.08. The summed E-state index contributed by atoms with van der Waals surface area (Å²) in [6.07, 6.45) is 1.37. The summed E-state index contributed by atoms with van der Waals surface area (Å²) in [6.45, 7) is 1.41. The lowest BCUT2D eigenvalue weighted by Crippen LogP contribution is -2.17. The van der Waals surface area contributed by atoms with Crippen molar-refractivity contribution >= 4 is 34.8 Å². The first kappa shape index (κ1) is 20.2. The Morgan fingerprint density at radius 1 is 0.833 bits per heavy atom. The van der Waals surface area contributed by atoms with E-state index in [1.807, 2.05) is 6.07 Å². The third-order valence-corrected chi connectivity index (χ3v) is 3.97. The summed E-state index contributed by atoms with van der Waals surface area (Å²) in [4.78, 5) is 40.0. The molecule has 0 radical (unpaired) electrons. The minimum atomic E-state index is -0.501. The highest BCUT2D eigenvalue weighted by Crippen LogP contribution is 2.16. The second kappa shape index (κ2) is 9.12. The lowest BCUT2D eigenvalue weighted by molar-refractivity contribution is -0.114. The molecule has 30 heavy (non-hydrogen) atoms. The Labute approximate surface area is 172 Å². The number of nitriles is 1. The number of amides is 3. The molecule has 0 aliphatic heterocycles. The van der Waals surface area contributed by atoms with Crippen molar-refractivity contribution in [1.82, 2.24) is 4.98 Å². The number of benzene rings is 2. The van der Waals surface area contributed by atoms with Crippen LogP contribution in [0, 0.1) is 11.3 Å². The summed E-state index contributed by atoms with van der Waals surface area (Å²) in [6, 6.07) is 18.0. The van der Waals surface area contributed by atoms with Gasteiger partial charge in [0, 0.05) is 35.7 Å². The number of nitrogens with zero attached hydrogens (tertiary/aromatic N) is 2. The molecule has 8 nitrogen and oxygen atoms in total. The molecule has 1 aromatic heterocycles. The minimum absolute atomic E-state index is 0.0611. The fraction of sp³-hybridized carbons (Fsp3) is 0.0455. The predicted octanol–water partition coefficient (Wildman–Crippen LogP) is 3.42. The van der Waals surface area contributed by atoms with E-state index in [-0.39, 0.29) is 17.2 Å². The zero-order valence-corrected chi connectivity index (χ0v) is 16.0. The van der Waals surface area contributed by atoms with E-state index in [1.165, 1.54) is 25.3 Å². The van der Waals surface area contributed by atoms with Crippen LogP contribution in [-0.2, 0) is 4.79 Å². The summed E-state index contributed by atoms with van der Waals surface area (Å²) < 4.78 is 0. The van der Waals surface area contributed by atoms with Crippen molar-refractivity contribution in [3.8, 4) is 6.07 Å². The second-order valence-electron chi connectivity index (χ2n) is 6.29. The Morgan fingerprint density at radius 3 is 2.17 bits per heavy atom. The van der Waals surface area contributed by atoms with Crippen molar-refractivity contribution in [2.45, 2.75) is 6.92 Å². The van der Waals surface area contributed by atoms with E-state index in [9.17, 15) is 14.4 Å². The van der Waals surface area contributed by atoms with Gasteiger partial charge in [-0.1, -0.05) is 6.07 Å². The molecule has 3 N–H and O–H groups in total. The molecule has 3 rings (SSSR count). The molecule has 3 amide bonds. The van der Waals surface area contributed by atoms with Crippen molar-refractivity contribution in [2.75, 3.05) is 16.0 Å². The van der Waals surface area contributed by atoms with Crippen molar-refractivity contribution in [3.63, 3.8) is 0 Å². The highest BCUT2D eigenvalue weighted by atomic mass is 16.2. The first-order valence-corrected chi connectivity index (χ1v) is 8.91. The van der Waals surface area contributed by atoms with E-state index in [1.54, 1.807) is 48.5 Å². The van der Waals surface area contributed by atoms with E-state index in [0.29, 0.717) is 22.6 Å². The molecule has 0 fully saturated rings. The monoisotopic (exact) mass is 399 g/mol. The molecule has 2 aromatic carbocycles. The van der Waals surface area contributed by atoms with Crippen LogP contribution in [0.25, 0.3) is 0 Å². The van der Waals surface area contributed by atoms with Crippen molar-refractivity contribution in [3.05, 3.63) is 83.7 Å². The van der Waals surface area contributed by atoms with Gasteiger partial charge in [0.1, 0.15) is 5.69 Å². The van der Waals surface area contributed by atoms with Gasteiger partial charge in [0.2, 0.25) is 5.91 Å². The number of carbonyl (C=O) groups excluding carboxylic acids is 3. The summed E-state index contributed by atoms with van der Waals surface area (Å²) in [7, 11) is 0. The number of rotatable bonds is 5. The molecule has 0 aliphatic carbocycles. The van der Waals surface area contributed by atoms with Gasteiger partial charge in [-0.3, -0.25) is 19.4 Å². The van der Waals surface area contributed by atoms with Gasteiger partial charge < -0.3 is 16.0 Å². The summed E-state index contributed by atoms with van der Waals surface area (Å²) in [5.41, 5.74) is 2.33. The van der Waals surface area contributed by atoms with Gasteiger partial charge >= 0.3 is 0 Å². The van der Waals surface area contributed by atoms with Crippen LogP contribution in [0.1, 0.15) is 33.3 Å². The molecule has 0 unspecified atom stereocenters. The Morgan fingerprint density at radius 2 is 1.50 bits per heavy atom. The maximum atomic E-state index is 12.5. The zero-order chi connectivity index (χ0) is 21.5. The number of pyridine rings is 1. The maximum absolute atomic E-state index is 12.5. The fourth-order valence-electron chi connectivity index (χ4n) is 2.60. The Balaban J connectivity index is 1.69. The Bertz CT molecular complexity index is 1150. The van der Waals surface area contributed by atoms with Crippen LogP contribution in [0.15, 0.2) is 66.9 Å². The third kappa shape index (κ3) is 5.27. The van der Waals surface area contributed by atoms with Gasteiger partial charge in [-0.2, -0.15) is 5.26 Å². The molecule has 0 atom stereocenters. The number of aromatic nitrogens is 1. The lowest BCUT2D eigenvalue weighted by Gasteiger charge is -2.08. The van der Waals surface area contributed by atoms with E-state index in [2.05, 4.69) is 20.9 Å². The van der Waals surface area contributed by atoms with Gasteiger partial charge in [-0.15, -0.1) is 0 Å². The van der Waals surface area contributed by atoms with Crippen molar-refractivity contribution in [2.24, 2.45) is 0 Å². The quantitative estimate of drug-likeness (QED) is 0.606. The molecule has 8 heteroatoms. The minimum Gasteiger partial charge on any atom is -0.326 e. The zero-order valence-electron chi connectivity index (χ0n) is 16.0. The molecule has 0 aliphatic rings. The van der Waals surface area contributed by atoms with E-state index in [0.717, 1.165) is 0 Å². The third-order valence-electron chi connectivity index (χ3n) is 3.97. The predicted molar refractivity (Wildman–Crippen MR) is 112 cm³/mol. The molecule has 148 valence electrons. The number of nitrogens with one attached hydrogen (secondary N) is 3. The smallest absolute Gasteiger partial charge is 0.274 e. The average Bonchev–Trinajstić information content (AvgIpc) is 2.75. The molecule has 0 bridgehead atoms. The first-order valence-electron chi connectivity index (χ1n) is 8.91. The summed E-state index contributed by atoms with van der Waals surface area (Å²) >= 11 is 0. The number of carbonyl (C=O) groups is 3.